The largest absolute Gasteiger partial charge is 0.497 e. The van der Waals surface area contributed by atoms with Crippen molar-refractivity contribution in [3.8, 4) is 5.75 Å². The predicted octanol–water partition coefficient (Wildman–Crippen LogP) is 2.69. The van der Waals surface area contributed by atoms with Crippen molar-refractivity contribution in [1.82, 2.24) is 5.32 Å². The van der Waals surface area contributed by atoms with E-state index in [1.807, 2.05) is 6.92 Å². The van der Waals surface area contributed by atoms with Gasteiger partial charge in [0.25, 0.3) is 0 Å². The van der Waals surface area contributed by atoms with Gasteiger partial charge in [0.2, 0.25) is 17.7 Å². The molecule has 2 aromatic rings. The molecule has 3 atom stereocenters. The van der Waals surface area contributed by atoms with E-state index in [0.29, 0.717) is 40.6 Å². The van der Waals surface area contributed by atoms with Crippen LogP contribution in [0.1, 0.15) is 30.4 Å². The number of nitrogens with two attached hydrogens (primary N) is 1. The Balaban J connectivity index is 1.71. The fraction of sp³-hybridized carbons (Fsp3) is 0.348. The predicted molar refractivity (Wildman–Crippen MR) is 122 cm³/mol. The van der Waals surface area contributed by atoms with Crippen molar-refractivity contribution in [3.63, 3.8) is 0 Å². The molecule has 9 heteroatoms. The quantitative estimate of drug-likeness (QED) is 0.532. The SMILES string of the molecule is COc1ccc(NC(=O)[C@@H]2C[C@H](CCC(N)=O)N[C@]23C(=O)Nc2c(C)cc(Cl)cc23)cc1. The molecule has 4 rings (SSSR count). The Kier molecular flexibility index (Phi) is 5.83. The zero-order valence-electron chi connectivity index (χ0n) is 17.8. The molecule has 0 aliphatic carbocycles. The van der Waals surface area contributed by atoms with Crippen LogP contribution in [0.2, 0.25) is 5.02 Å². The number of nitrogens with one attached hydrogen (secondary N) is 3. The van der Waals surface area contributed by atoms with Crippen molar-refractivity contribution in [2.75, 3.05) is 17.7 Å². The zero-order chi connectivity index (χ0) is 23.0. The molecule has 0 saturated carbocycles. The summed E-state index contributed by atoms with van der Waals surface area (Å²) in [6.07, 6.45) is 0.947. The van der Waals surface area contributed by atoms with E-state index < -0.39 is 17.4 Å². The van der Waals surface area contributed by atoms with Gasteiger partial charge >= 0.3 is 0 Å². The van der Waals surface area contributed by atoms with Gasteiger partial charge in [0.15, 0.2) is 0 Å². The van der Waals surface area contributed by atoms with Crippen LogP contribution in [0.15, 0.2) is 36.4 Å². The van der Waals surface area contributed by atoms with Gasteiger partial charge in [-0.1, -0.05) is 11.6 Å². The fourth-order valence-electron chi connectivity index (χ4n) is 4.70. The van der Waals surface area contributed by atoms with E-state index in [9.17, 15) is 14.4 Å². The number of fused-ring (bicyclic) bond motifs is 2. The Bertz CT molecular complexity index is 1090. The topological polar surface area (TPSA) is 123 Å². The van der Waals surface area contributed by atoms with Crippen LogP contribution in [-0.2, 0) is 19.9 Å². The number of halogens is 1. The molecule has 1 saturated heterocycles. The number of benzene rings is 2. The van der Waals surface area contributed by atoms with Crippen LogP contribution in [0.4, 0.5) is 11.4 Å². The van der Waals surface area contributed by atoms with Gasteiger partial charge in [0.1, 0.15) is 11.3 Å². The van der Waals surface area contributed by atoms with Crippen LogP contribution in [0.25, 0.3) is 0 Å². The van der Waals surface area contributed by atoms with Gasteiger partial charge < -0.3 is 21.1 Å². The Morgan fingerprint density at radius 3 is 2.66 bits per heavy atom. The van der Waals surface area contributed by atoms with Crippen LogP contribution in [0.5, 0.6) is 5.75 Å². The summed E-state index contributed by atoms with van der Waals surface area (Å²) in [6.45, 7) is 1.86. The molecular formula is C23H25ClN4O4. The van der Waals surface area contributed by atoms with Crippen molar-refractivity contribution in [3.05, 3.63) is 52.5 Å². The summed E-state index contributed by atoms with van der Waals surface area (Å²) in [7, 11) is 1.57. The van der Waals surface area contributed by atoms with E-state index in [0.717, 1.165) is 5.56 Å². The molecular weight excluding hydrogens is 432 g/mol. The normalized spacial score (nSPS) is 23.7. The third kappa shape index (κ3) is 3.80. The minimum absolute atomic E-state index is 0.156. The number of ether oxygens (including phenoxy) is 1. The fourth-order valence-corrected chi connectivity index (χ4v) is 4.97. The van der Waals surface area contributed by atoms with Crippen LogP contribution in [0.3, 0.4) is 0 Å². The standard InChI is InChI=1S/C23H25ClN4O4/c1-12-9-13(24)10-17-20(12)27-22(31)23(17)18(11-15(28-23)5-8-19(25)29)21(30)26-14-3-6-16(32-2)7-4-14/h3-4,6-7,9-10,15,18,28H,5,8,11H2,1-2H3,(H2,25,29)(H,26,30)(H,27,31)/t15-,18-,23-/m0/s1. The summed E-state index contributed by atoms with van der Waals surface area (Å²) in [6, 6.07) is 10.2. The van der Waals surface area contributed by atoms with Crippen LogP contribution in [0, 0.1) is 12.8 Å². The minimum Gasteiger partial charge on any atom is -0.497 e. The highest BCUT2D eigenvalue weighted by molar-refractivity contribution is 6.31. The van der Waals surface area contributed by atoms with Crippen molar-refractivity contribution in [1.29, 1.82) is 0 Å². The second kappa shape index (κ2) is 8.44. The maximum Gasteiger partial charge on any atom is 0.250 e. The highest BCUT2D eigenvalue weighted by Gasteiger charge is 2.60. The Hall–Kier alpha value is -3.10. The zero-order valence-corrected chi connectivity index (χ0v) is 18.6. The van der Waals surface area contributed by atoms with Gasteiger partial charge in [0.05, 0.1) is 13.0 Å². The lowest BCUT2D eigenvalue weighted by Crippen LogP contribution is -2.52. The molecule has 3 amide bonds. The first-order chi connectivity index (χ1) is 15.2. The maximum atomic E-state index is 13.5. The molecule has 32 heavy (non-hydrogen) atoms. The third-order valence-electron chi connectivity index (χ3n) is 6.21. The molecule has 2 heterocycles. The summed E-state index contributed by atoms with van der Waals surface area (Å²) in [5, 5.41) is 9.68. The Morgan fingerprint density at radius 2 is 2.00 bits per heavy atom. The molecule has 5 N–H and O–H groups in total. The molecule has 2 aromatic carbocycles. The lowest BCUT2D eigenvalue weighted by Gasteiger charge is -2.29. The van der Waals surface area contributed by atoms with Crippen LogP contribution < -0.4 is 26.4 Å². The lowest BCUT2D eigenvalue weighted by atomic mass is 9.79. The minimum atomic E-state index is -1.29. The number of carbonyl (C=O) groups is 3. The van der Waals surface area contributed by atoms with E-state index in [2.05, 4.69) is 16.0 Å². The van der Waals surface area contributed by atoms with E-state index in [1.165, 1.54) is 0 Å². The maximum absolute atomic E-state index is 13.5. The monoisotopic (exact) mass is 456 g/mol. The summed E-state index contributed by atoms with van der Waals surface area (Å²) in [5.41, 5.74) is 6.74. The van der Waals surface area contributed by atoms with E-state index in [1.54, 1.807) is 43.5 Å². The summed E-state index contributed by atoms with van der Waals surface area (Å²) in [4.78, 5) is 38.1. The molecule has 8 nitrogen and oxygen atoms in total. The second-order valence-electron chi connectivity index (χ2n) is 8.26. The number of primary amides is 1. The molecule has 2 aliphatic heterocycles. The summed E-state index contributed by atoms with van der Waals surface area (Å²) < 4.78 is 5.16. The van der Waals surface area contributed by atoms with Crippen molar-refractivity contribution in [2.45, 2.75) is 37.8 Å². The highest BCUT2D eigenvalue weighted by atomic mass is 35.5. The number of methoxy groups -OCH3 is 1. The Labute approximate surface area is 190 Å². The van der Waals surface area contributed by atoms with E-state index in [-0.39, 0.29) is 24.3 Å². The number of hydrogen-bond acceptors (Lipinski definition) is 5. The molecule has 2 aliphatic rings. The molecule has 0 unspecified atom stereocenters. The highest BCUT2D eigenvalue weighted by Crippen LogP contribution is 2.49. The van der Waals surface area contributed by atoms with Crippen molar-refractivity contribution in [2.24, 2.45) is 11.7 Å². The lowest BCUT2D eigenvalue weighted by molar-refractivity contribution is -0.130. The molecule has 1 spiro atoms. The average molecular weight is 457 g/mol. The van der Waals surface area contributed by atoms with Gasteiger partial charge in [-0.3, -0.25) is 19.7 Å². The third-order valence-corrected chi connectivity index (χ3v) is 6.43. The first-order valence-corrected chi connectivity index (χ1v) is 10.8. The number of carbonyl (C=O) groups excluding carboxylic acids is 3. The first kappa shape index (κ1) is 22.1. The smallest absolute Gasteiger partial charge is 0.250 e. The molecule has 0 aromatic heterocycles. The summed E-state index contributed by atoms with van der Waals surface area (Å²) >= 11 is 6.32. The van der Waals surface area contributed by atoms with Gasteiger partial charge in [-0.25, -0.2) is 0 Å². The van der Waals surface area contributed by atoms with Crippen molar-refractivity contribution < 1.29 is 19.1 Å². The Morgan fingerprint density at radius 1 is 1.28 bits per heavy atom. The number of aryl methyl sites for hydroxylation is 1. The van der Waals surface area contributed by atoms with Crippen molar-refractivity contribution >= 4 is 40.7 Å². The van der Waals surface area contributed by atoms with E-state index in [4.69, 9.17) is 22.1 Å². The molecule has 168 valence electrons. The summed E-state index contributed by atoms with van der Waals surface area (Å²) in [5.74, 6) is -1.09. The average Bonchev–Trinajstić information content (AvgIpc) is 3.27. The van der Waals surface area contributed by atoms with Gasteiger partial charge in [-0.05, 0) is 61.7 Å². The molecule has 0 radical (unpaired) electrons. The van der Waals surface area contributed by atoms with E-state index >= 15 is 0 Å². The van der Waals surface area contributed by atoms with Gasteiger partial charge in [0, 0.05) is 34.4 Å². The van der Waals surface area contributed by atoms with Gasteiger partial charge in [-0.15, -0.1) is 0 Å². The molecule has 0 bridgehead atoms. The van der Waals surface area contributed by atoms with Crippen LogP contribution in [-0.4, -0.2) is 30.9 Å². The molecule has 1 fully saturated rings. The first-order valence-electron chi connectivity index (χ1n) is 10.4. The van der Waals surface area contributed by atoms with Gasteiger partial charge in [-0.2, -0.15) is 0 Å². The number of hydrogen-bond donors (Lipinski definition) is 4. The second-order valence-corrected chi connectivity index (χ2v) is 8.70. The number of rotatable bonds is 6. The van der Waals surface area contributed by atoms with Crippen LogP contribution >= 0.6 is 11.6 Å². The number of amides is 3. The number of anilines is 2.